The number of hydrogen-bond donors (Lipinski definition) is 0. The third-order valence-electron chi connectivity index (χ3n) is 1.37. The highest BCUT2D eigenvalue weighted by molar-refractivity contribution is 5.19. The molecular formula is C10H17NO. The fourth-order valence-electron chi connectivity index (χ4n) is 0.706. The molecule has 2 heteroatoms. The molecule has 0 N–H and O–H groups in total. The third kappa shape index (κ3) is 5.89. The van der Waals surface area contributed by atoms with Crippen LogP contribution >= 0.6 is 0 Å². The second-order valence-corrected chi connectivity index (χ2v) is 2.51. The molecule has 0 bridgehead atoms. The summed E-state index contributed by atoms with van der Waals surface area (Å²) in [6.07, 6.45) is 7.88. The Morgan fingerprint density at radius 1 is 1.50 bits per heavy atom. The maximum atomic E-state index is 4.95. The minimum atomic E-state index is 0.727. The Labute approximate surface area is 74.8 Å². The largest absolute Gasteiger partial charge is 0.302 e. The van der Waals surface area contributed by atoms with Gasteiger partial charge in [0.2, 0.25) is 0 Å². The number of hydroxylamine groups is 2. The van der Waals surface area contributed by atoms with Gasteiger partial charge in [-0.3, -0.25) is 0 Å². The van der Waals surface area contributed by atoms with Crippen LogP contribution in [0.1, 0.15) is 6.92 Å². The molecule has 0 aromatic rings. The topological polar surface area (TPSA) is 12.5 Å². The third-order valence-corrected chi connectivity index (χ3v) is 1.37. The molecule has 0 unspecified atom stereocenters. The Hall–Kier alpha value is -0.860. The van der Waals surface area contributed by atoms with Gasteiger partial charge in [0.1, 0.15) is 0 Å². The summed E-state index contributed by atoms with van der Waals surface area (Å²) in [6, 6.07) is 0. The van der Waals surface area contributed by atoms with Crippen molar-refractivity contribution in [3.8, 4) is 0 Å². The van der Waals surface area contributed by atoms with Crippen molar-refractivity contribution in [2.45, 2.75) is 6.92 Å². The number of likely N-dealkylation sites (N-methyl/N-ethyl adjacent to an activating group) is 1. The summed E-state index contributed by atoms with van der Waals surface area (Å²) in [7, 11) is 3.51. The van der Waals surface area contributed by atoms with E-state index in [1.165, 1.54) is 0 Å². The van der Waals surface area contributed by atoms with E-state index in [0.717, 1.165) is 12.1 Å². The van der Waals surface area contributed by atoms with Gasteiger partial charge in [0.15, 0.2) is 0 Å². The van der Waals surface area contributed by atoms with Crippen molar-refractivity contribution in [3.63, 3.8) is 0 Å². The van der Waals surface area contributed by atoms with Crippen LogP contribution in [-0.2, 0) is 4.84 Å². The summed E-state index contributed by atoms with van der Waals surface area (Å²) in [6.45, 7) is 6.58. The van der Waals surface area contributed by atoms with Crippen LogP contribution in [0.5, 0.6) is 0 Å². The molecular weight excluding hydrogens is 150 g/mol. The molecule has 0 aromatic heterocycles. The lowest BCUT2D eigenvalue weighted by atomic mass is 10.2. The van der Waals surface area contributed by atoms with Crippen molar-refractivity contribution in [2.24, 2.45) is 0 Å². The molecule has 0 heterocycles. The number of hydrogen-bond acceptors (Lipinski definition) is 2. The van der Waals surface area contributed by atoms with E-state index >= 15 is 0 Å². The number of rotatable bonds is 5. The number of nitrogens with zero attached hydrogens (tertiary/aromatic N) is 1. The van der Waals surface area contributed by atoms with Crippen molar-refractivity contribution in [1.82, 2.24) is 5.06 Å². The molecule has 68 valence electrons. The second kappa shape index (κ2) is 6.83. The monoisotopic (exact) mass is 167 g/mol. The first kappa shape index (κ1) is 11.1. The van der Waals surface area contributed by atoms with Gasteiger partial charge >= 0.3 is 0 Å². The molecule has 0 radical (unpaired) electrons. The van der Waals surface area contributed by atoms with Crippen LogP contribution in [0.4, 0.5) is 0 Å². The SMILES string of the molecule is C=C(/C=C\C=C/C)CN(C)OC. The van der Waals surface area contributed by atoms with Gasteiger partial charge in [-0.2, -0.15) is 5.06 Å². The van der Waals surface area contributed by atoms with Crippen LogP contribution in [0, 0.1) is 0 Å². The van der Waals surface area contributed by atoms with Gasteiger partial charge in [-0.1, -0.05) is 30.9 Å². The van der Waals surface area contributed by atoms with Crippen LogP contribution in [0.25, 0.3) is 0 Å². The lowest BCUT2D eigenvalue weighted by Crippen LogP contribution is -2.18. The average Bonchev–Trinajstić information content (AvgIpc) is 2.05. The van der Waals surface area contributed by atoms with E-state index < -0.39 is 0 Å². The first-order valence-electron chi connectivity index (χ1n) is 3.93. The quantitative estimate of drug-likeness (QED) is 0.459. The van der Waals surface area contributed by atoms with Crippen molar-refractivity contribution in [2.75, 3.05) is 20.7 Å². The molecule has 0 atom stereocenters. The number of allylic oxidation sites excluding steroid dienone is 3. The maximum absolute atomic E-state index is 4.95. The summed E-state index contributed by atoms with van der Waals surface area (Å²) >= 11 is 0. The van der Waals surface area contributed by atoms with Gasteiger partial charge < -0.3 is 4.84 Å². The van der Waals surface area contributed by atoms with E-state index in [2.05, 4.69) is 6.58 Å². The predicted octanol–water partition coefficient (Wildman–Crippen LogP) is 2.17. The first-order valence-corrected chi connectivity index (χ1v) is 3.93. The standard InChI is InChI=1S/C10H17NO/c1-5-6-7-8-10(2)9-11(3)12-4/h5-8H,2,9H2,1,3-4H3/b6-5-,8-7-. The van der Waals surface area contributed by atoms with Gasteiger partial charge in [-0.25, -0.2) is 0 Å². The molecule has 0 amide bonds. The summed E-state index contributed by atoms with van der Waals surface area (Å²) in [5.41, 5.74) is 1.03. The summed E-state index contributed by atoms with van der Waals surface area (Å²) in [5, 5.41) is 1.72. The minimum Gasteiger partial charge on any atom is -0.302 e. The highest BCUT2D eigenvalue weighted by Crippen LogP contribution is 1.96. The highest BCUT2D eigenvalue weighted by atomic mass is 16.7. The van der Waals surface area contributed by atoms with E-state index in [0.29, 0.717) is 0 Å². The highest BCUT2D eigenvalue weighted by Gasteiger charge is 1.94. The fraction of sp³-hybridized carbons (Fsp3) is 0.400. The fourth-order valence-corrected chi connectivity index (χ4v) is 0.706. The van der Waals surface area contributed by atoms with E-state index in [9.17, 15) is 0 Å². The Kier molecular flexibility index (Phi) is 6.34. The zero-order valence-corrected chi connectivity index (χ0v) is 8.08. The molecule has 2 nitrogen and oxygen atoms in total. The van der Waals surface area contributed by atoms with Crippen LogP contribution in [0.2, 0.25) is 0 Å². The molecule has 0 aliphatic rings. The Morgan fingerprint density at radius 2 is 2.17 bits per heavy atom. The summed E-state index contributed by atoms with van der Waals surface area (Å²) in [5.74, 6) is 0. The smallest absolute Gasteiger partial charge is 0.0575 e. The van der Waals surface area contributed by atoms with Gasteiger partial charge in [-0.05, 0) is 12.5 Å². The molecule has 0 fully saturated rings. The van der Waals surface area contributed by atoms with E-state index in [1.807, 2.05) is 38.3 Å². The van der Waals surface area contributed by atoms with Crippen LogP contribution in [0.3, 0.4) is 0 Å². The Balaban J connectivity index is 3.73. The van der Waals surface area contributed by atoms with Crippen LogP contribution < -0.4 is 0 Å². The van der Waals surface area contributed by atoms with Gasteiger partial charge in [-0.15, -0.1) is 0 Å². The predicted molar refractivity (Wildman–Crippen MR) is 52.7 cm³/mol. The lowest BCUT2D eigenvalue weighted by molar-refractivity contribution is -0.100. The van der Waals surface area contributed by atoms with Crippen molar-refractivity contribution < 1.29 is 4.84 Å². The van der Waals surface area contributed by atoms with E-state index in [4.69, 9.17) is 4.84 Å². The van der Waals surface area contributed by atoms with Crippen molar-refractivity contribution in [1.29, 1.82) is 0 Å². The Morgan fingerprint density at radius 3 is 2.67 bits per heavy atom. The van der Waals surface area contributed by atoms with Crippen LogP contribution in [0.15, 0.2) is 36.5 Å². The molecule has 0 aromatic carbocycles. The van der Waals surface area contributed by atoms with Gasteiger partial charge in [0.25, 0.3) is 0 Å². The van der Waals surface area contributed by atoms with Crippen molar-refractivity contribution >= 4 is 0 Å². The molecule has 0 aliphatic heterocycles. The molecule has 0 saturated carbocycles. The average molecular weight is 167 g/mol. The molecule has 0 rings (SSSR count). The van der Waals surface area contributed by atoms with Crippen LogP contribution in [-0.4, -0.2) is 25.8 Å². The lowest BCUT2D eigenvalue weighted by Gasteiger charge is -2.12. The summed E-state index contributed by atoms with van der Waals surface area (Å²) in [4.78, 5) is 4.95. The van der Waals surface area contributed by atoms with Crippen molar-refractivity contribution in [3.05, 3.63) is 36.5 Å². The second-order valence-electron chi connectivity index (χ2n) is 2.51. The molecule has 0 saturated heterocycles. The van der Waals surface area contributed by atoms with Gasteiger partial charge in [0.05, 0.1) is 7.11 Å². The van der Waals surface area contributed by atoms with E-state index in [1.54, 1.807) is 12.2 Å². The Bertz CT molecular complexity index is 182. The van der Waals surface area contributed by atoms with E-state index in [-0.39, 0.29) is 0 Å². The maximum Gasteiger partial charge on any atom is 0.0575 e. The van der Waals surface area contributed by atoms with Gasteiger partial charge in [0, 0.05) is 13.6 Å². The first-order chi connectivity index (χ1) is 5.70. The molecule has 0 spiro atoms. The molecule has 0 aliphatic carbocycles. The minimum absolute atomic E-state index is 0.727. The molecule has 12 heavy (non-hydrogen) atoms. The normalized spacial score (nSPS) is 12.0. The zero-order chi connectivity index (χ0) is 9.40. The summed E-state index contributed by atoms with van der Waals surface area (Å²) < 4.78 is 0. The zero-order valence-electron chi connectivity index (χ0n) is 8.08.